The first-order valence-corrected chi connectivity index (χ1v) is 5.98. The lowest BCUT2D eigenvalue weighted by Crippen LogP contribution is -2.13. The first-order chi connectivity index (χ1) is 7.67. The van der Waals surface area contributed by atoms with E-state index in [0.717, 1.165) is 34.1 Å². The van der Waals surface area contributed by atoms with Crippen molar-refractivity contribution in [1.82, 2.24) is 0 Å². The smallest absolute Gasteiger partial charge is 0.147 e. The summed E-state index contributed by atoms with van der Waals surface area (Å²) in [5, 5.41) is 0. The molecule has 16 heavy (non-hydrogen) atoms. The molecule has 0 radical (unpaired) electrons. The van der Waals surface area contributed by atoms with Gasteiger partial charge in [0.25, 0.3) is 0 Å². The Balaban J connectivity index is 2.56. The fourth-order valence-corrected chi connectivity index (χ4v) is 2.93. The summed E-state index contributed by atoms with van der Waals surface area (Å²) in [6.07, 6.45) is 1.83. The molecule has 0 fully saturated rings. The number of carbonyl (C=O) groups is 1. The number of fused-ring (bicyclic) bond motifs is 1. The van der Waals surface area contributed by atoms with Gasteiger partial charge in [0.15, 0.2) is 0 Å². The Morgan fingerprint density at radius 1 is 1.50 bits per heavy atom. The second-order valence-electron chi connectivity index (χ2n) is 4.02. The van der Waals surface area contributed by atoms with Crippen LogP contribution in [0.3, 0.4) is 0 Å². The summed E-state index contributed by atoms with van der Waals surface area (Å²) < 4.78 is 6.12. The third-order valence-electron chi connectivity index (χ3n) is 2.99. The molecule has 0 saturated carbocycles. The van der Waals surface area contributed by atoms with Gasteiger partial charge in [-0.25, -0.2) is 0 Å². The lowest BCUT2D eigenvalue weighted by Gasteiger charge is -2.23. The van der Waals surface area contributed by atoms with Crippen molar-refractivity contribution in [3.05, 3.63) is 34.9 Å². The van der Waals surface area contributed by atoms with E-state index in [-0.39, 0.29) is 5.92 Å². The minimum absolute atomic E-state index is 0.256. The van der Waals surface area contributed by atoms with E-state index in [1.165, 1.54) is 5.56 Å². The van der Waals surface area contributed by atoms with Crippen molar-refractivity contribution in [3.63, 3.8) is 0 Å². The molecular formula is C13H13BrO2. The van der Waals surface area contributed by atoms with E-state index in [1.54, 1.807) is 7.11 Å². The molecule has 2 rings (SSSR count). The van der Waals surface area contributed by atoms with Crippen molar-refractivity contribution < 1.29 is 9.53 Å². The second kappa shape index (κ2) is 4.42. The van der Waals surface area contributed by atoms with Crippen LogP contribution in [0, 0.1) is 5.92 Å². The van der Waals surface area contributed by atoms with E-state index in [0.29, 0.717) is 0 Å². The van der Waals surface area contributed by atoms with Crippen molar-refractivity contribution in [2.75, 3.05) is 7.11 Å². The first-order valence-electron chi connectivity index (χ1n) is 5.19. The standard InChI is InChI=1S/C13H13BrO2/c1-8-5-9-6-10(16-2)3-4-11(9)13(14)12(8)7-15/h3-4,6-8H,5H2,1-2H3. The number of hydrogen-bond acceptors (Lipinski definition) is 2. The normalized spacial score (nSPS) is 19.3. The predicted octanol–water partition coefficient (Wildman–Crippen LogP) is 3.19. The van der Waals surface area contributed by atoms with Crippen LogP contribution in [0.15, 0.2) is 23.8 Å². The third-order valence-corrected chi connectivity index (χ3v) is 3.87. The van der Waals surface area contributed by atoms with Gasteiger partial charge in [0, 0.05) is 10.1 Å². The number of benzene rings is 1. The molecule has 1 aliphatic rings. The topological polar surface area (TPSA) is 26.3 Å². The summed E-state index contributed by atoms with van der Waals surface area (Å²) in [6.45, 7) is 2.06. The molecule has 0 amide bonds. The van der Waals surface area contributed by atoms with E-state index < -0.39 is 0 Å². The Labute approximate surface area is 103 Å². The van der Waals surface area contributed by atoms with E-state index in [1.807, 2.05) is 18.2 Å². The van der Waals surface area contributed by atoms with Gasteiger partial charge in [-0.05, 0) is 57.6 Å². The molecule has 0 saturated heterocycles. The van der Waals surface area contributed by atoms with Gasteiger partial charge in [-0.3, -0.25) is 4.79 Å². The SMILES string of the molecule is COc1ccc2c(c1)CC(C)C(C=O)=C2Br. The molecule has 0 aromatic heterocycles. The summed E-state index contributed by atoms with van der Waals surface area (Å²) >= 11 is 3.51. The number of rotatable bonds is 2. The Morgan fingerprint density at radius 2 is 2.25 bits per heavy atom. The molecular weight excluding hydrogens is 268 g/mol. The minimum atomic E-state index is 0.256. The van der Waals surface area contributed by atoms with Crippen LogP contribution in [0.1, 0.15) is 18.1 Å². The molecule has 0 bridgehead atoms. The molecule has 84 valence electrons. The number of allylic oxidation sites excluding steroid dienone is 1. The van der Waals surface area contributed by atoms with Crippen LogP contribution in [-0.4, -0.2) is 13.4 Å². The van der Waals surface area contributed by atoms with E-state index in [4.69, 9.17) is 4.74 Å². The fourth-order valence-electron chi connectivity index (χ4n) is 2.06. The Hall–Kier alpha value is -1.09. The molecule has 1 aromatic rings. The average Bonchev–Trinajstić information content (AvgIpc) is 2.28. The van der Waals surface area contributed by atoms with Crippen LogP contribution in [0.25, 0.3) is 4.48 Å². The zero-order valence-corrected chi connectivity index (χ0v) is 10.9. The number of methoxy groups -OCH3 is 1. The van der Waals surface area contributed by atoms with Crippen molar-refractivity contribution in [3.8, 4) is 5.75 Å². The van der Waals surface area contributed by atoms with E-state index in [9.17, 15) is 4.79 Å². The second-order valence-corrected chi connectivity index (χ2v) is 4.81. The van der Waals surface area contributed by atoms with Crippen LogP contribution >= 0.6 is 15.9 Å². The maximum Gasteiger partial charge on any atom is 0.147 e. The van der Waals surface area contributed by atoms with Crippen molar-refractivity contribution in [1.29, 1.82) is 0 Å². The highest BCUT2D eigenvalue weighted by atomic mass is 79.9. The summed E-state index contributed by atoms with van der Waals surface area (Å²) in [6, 6.07) is 5.95. The molecule has 0 spiro atoms. The number of hydrogen-bond donors (Lipinski definition) is 0. The number of carbonyl (C=O) groups excluding carboxylic acids is 1. The molecule has 3 heteroatoms. The molecule has 1 unspecified atom stereocenters. The number of aldehydes is 1. The van der Waals surface area contributed by atoms with Crippen LogP contribution in [0.2, 0.25) is 0 Å². The fraction of sp³-hybridized carbons (Fsp3) is 0.308. The van der Waals surface area contributed by atoms with Gasteiger partial charge >= 0.3 is 0 Å². The maximum absolute atomic E-state index is 11.0. The van der Waals surface area contributed by atoms with Crippen molar-refractivity contribution >= 4 is 26.7 Å². The van der Waals surface area contributed by atoms with Crippen molar-refractivity contribution in [2.45, 2.75) is 13.3 Å². The molecule has 1 aliphatic carbocycles. The highest BCUT2D eigenvalue weighted by molar-refractivity contribution is 9.15. The molecule has 1 aromatic carbocycles. The Kier molecular flexibility index (Phi) is 3.15. The lowest BCUT2D eigenvalue weighted by atomic mass is 9.85. The zero-order valence-electron chi connectivity index (χ0n) is 9.29. The molecule has 0 heterocycles. The Morgan fingerprint density at radius 3 is 2.88 bits per heavy atom. The monoisotopic (exact) mass is 280 g/mol. The van der Waals surface area contributed by atoms with Gasteiger partial charge in [0.1, 0.15) is 12.0 Å². The largest absolute Gasteiger partial charge is 0.497 e. The summed E-state index contributed by atoms with van der Waals surface area (Å²) in [5.74, 6) is 1.12. The highest BCUT2D eigenvalue weighted by Gasteiger charge is 2.22. The van der Waals surface area contributed by atoms with Gasteiger partial charge in [-0.2, -0.15) is 0 Å². The summed E-state index contributed by atoms with van der Waals surface area (Å²) in [5.41, 5.74) is 3.17. The van der Waals surface area contributed by atoms with Crippen LogP contribution in [0.5, 0.6) is 5.75 Å². The van der Waals surface area contributed by atoms with Gasteiger partial charge in [0.05, 0.1) is 7.11 Å². The van der Waals surface area contributed by atoms with Gasteiger partial charge in [-0.1, -0.05) is 6.92 Å². The predicted molar refractivity (Wildman–Crippen MR) is 67.8 cm³/mol. The summed E-state index contributed by atoms with van der Waals surface area (Å²) in [7, 11) is 1.66. The quantitative estimate of drug-likeness (QED) is 0.778. The average molecular weight is 281 g/mol. The van der Waals surface area contributed by atoms with Gasteiger partial charge in [-0.15, -0.1) is 0 Å². The Bertz CT molecular complexity index is 463. The number of halogens is 1. The van der Waals surface area contributed by atoms with Crippen LogP contribution in [0.4, 0.5) is 0 Å². The third kappa shape index (κ3) is 1.80. The minimum Gasteiger partial charge on any atom is -0.497 e. The maximum atomic E-state index is 11.0. The number of ether oxygens (including phenoxy) is 1. The lowest BCUT2D eigenvalue weighted by molar-refractivity contribution is -0.105. The highest BCUT2D eigenvalue weighted by Crippen LogP contribution is 2.38. The van der Waals surface area contributed by atoms with E-state index >= 15 is 0 Å². The summed E-state index contributed by atoms with van der Waals surface area (Å²) in [4.78, 5) is 11.0. The molecule has 2 nitrogen and oxygen atoms in total. The van der Waals surface area contributed by atoms with Gasteiger partial charge < -0.3 is 4.74 Å². The van der Waals surface area contributed by atoms with Crippen molar-refractivity contribution in [2.24, 2.45) is 5.92 Å². The van der Waals surface area contributed by atoms with Gasteiger partial charge in [0.2, 0.25) is 0 Å². The van der Waals surface area contributed by atoms with Crippen LogP contribution < -0.4 is 4.74 Å². The molecule has 0 aliphatic heterocycles. The van der Waals surface area contributed by atoms with Crippen LogP contribution in [-0.2, 0) is 11.2 Å². The molecule has 1 atom stereocenters. The van der Waals surface area contributed by atoms with E-state index in [2.05, 4.69) is 22.9 Å². The first kappa shape index (κ1) is 11.4. The zero-order chi connectivity index (χ0) is 11.7. The molecule has 0 N–H and O–H groups in total.